The van der Waals surface area contributed by atoms with Crippen LogP contribution in [-0.4, -0.2) is 12.6 Å². The van der Waals surface area contributed by atoms with Crippen molar-refractivity contribution < 1.29 is 13.5 Å². The minimum absolute atomic E-state index is 0.101. The minimum atomic E-state index is -2.99. The number of nitrogens with two attached hydrogens (primary N) is 1. The SMILES string of the molecule is Cc1ccc2c(c1)C(F)(F)C(N)CO2. The Morgan fingerprint density at radius 2 is 2.21 bits per heavy atom. The van der Waals surface area contributed by atoms with E-state index in [-0.39, 0.29) is 17.9 Å². The van der Waals surface area contributed by atoms with Gasteiger partial charge in [0.15, 0.2) is 0 Å². The number of halogens is 2. The van der Waals surface area contributed by atoms with Gasteiger partial charge in [-0.25, -0.2) is 0 Å². The lowest BCUT2D eigenvalue weighted by Gasteiger charge is -2.31. The first-order valence-electron chi connectivity index (χ1n) is 4.39. The van der Waals surface area contributed by atoms with Crippen LogP contribution in [0.4, 0.5) is 8.78 Å². The Morgan fingerprint density at radius 1 is 1.50 bits per heavy atom. The molecular formula is C10H11F2NO. The van der Waals surface area contributed by atoms with Crippen LogP contribution in [-0.2, 0) is 5.92 Å². The third kappa shape index (κ3) is 1.26. The fourth-order valence-electron chi connectivity index (χ4n) is 1.51. The Morgan fingerprint density at radius 3 is 2.93 bits per heavy atom. The van der Waals surface area contributed by atoms with E-state index in [1.54, 1.807) is 19.1 Å². The van der Waals surface area contributed by atoms with Gasteiger partial charge in [0, 0.05) is 0 Å². The summed E-state index contributed by atoms with van der Waals surface area (Å²) in [6.45, 7) is 1.62. The Kier molecular flexibility index (Phi) is 1.96. The Bertz CT molecular complexity index is 365. The molecule has 4 heteroatoms. The lowest BCUT2D eigenvalue weighted by molar-refractivity contribution is -0.0595. The molecule has 1 heterocycles. The number of aryl methyl sites for hydroxylation is 1. The highest BCUT2D eigenvalue weighted by Gasteiger charge is 2.45. The van der Waals surface area contributed by atoms with Crippen LogP contribution in [0.5, 0.6) is 5.75 Å². The van der Waals surface area contributed by atoms with Crippen molar-refractivity contribution in [2.45, 2.75) is 18.9 Å². The summed E-state index contributed by atoms with van der Waals surface area (Å²) in [5.41, 5.74) is 5.98. The van der Waals surface area contributed by atoms with Gasteiger partial charge < -0.3 is 10.5 Å². The van der Waals surface area contributed by atoms with E-state index in [4.69, 9.17) is 10.5 Å². The van der Waals surface area contributed by atoms with Gasteiger partial charge in [0.05, 0.1) is 5.56 Å². The molecule has 1 aromatic rings. The maximum atomic E-state index is 13.6. The fraction of sp³-hybridized carbons (Fsp3) is 0.400. The average molecular weight is 199 g/mol. The van der Waals surface area contributed by atoms with E-state index in [2.05, 4.69) is 0 Å². The largest absolute Gasteiger partial charge is 0.491 e. The molecule has 0 aromatic heterocycles. The van der Waals surface area contributed by atoms with Gasteiger partial charge in [-0.3, -0.25) is 0 Å². The predicted octanol–water partition coefficient (Wildman–Crippen LogP) is 1.81. The molecule has 0 saturated carbocycles. The summed E-state index contributed by atoms with van der Waals surface area (Å²) in [5, 5.41) is 0. The molecule has 0 aliphatic carbocycles. The number of ether oxygens (including phenoxy) is 1. The van der Waals surface area contributed by atoms with Crippen LogP contribution in [0.15, 0.2) is 18.2 Å². The molecule has 0 spiro atoms. The number of fused-ring (bicyclic) bond motifs is 1. The summed E-state index contributed by atoms with van der Waals surface area (Å²) in [7, 11) is 0. The van der Waals surface area contributed by atoms with Crippen LogP contribution in [0.25, 0.3) is 0 Å². The Hall–Kier alpha value is -1.16. The smallest absolute Gasteiger partial charge is 0.294 e. The molecule has 1 aromatic carbocycles. The summed E-state index contributed by atoms with van der Waals surface area (Å²) in [6, 6.07) is 3.47. The van der Waals surface area contributed by atoms with Crippen molar-refractivity contribution in [3.63, 3.8) is 0 Å². The lowest BCUT2D eigenvalue weighted by atomic mass is 9.97. The summed E-state index contributed by atoms with van der Waals surface area (Å²) in [6.07, 6.45) is 0. The van der Waals surface area contributed by atoms with Crippen molar-refractivity contribution in [1.29, 1.82) is 0 Å². The first kappa shape index (κ1) is 9.40. The second-order valence-electron chi connectivity index (χ2n) is 3.54. The topological polar surface area (TPSA) is 35.2 Å². The van der Waals surface area contributed by atoms with Gasteiger partial charge in [-0.2, -0.15) is 8.78 Å². The van der Waals surface area contributed by atoms with Crippen molar-refractivity contribution in [2.24, 2.45) is 5.73 Å². The number of hydrogen-bond donors (Lipinski definition) is 1. The highest BCUT2D eigenvalue weighted by atomic mass is 19.3. The summed E-state index contributed by atoms with van der Waals surface area (Å²) >= 11 is 0. The molecule has 0 radical (unpaired) electrons. The molecule has 0 amide bonds. The second-order valence-corrected chi connectivity index (χ2v) is 3.54. The van der Waals surface area contributed by atoms with E-state index < -0.39 is 12.0 Å². The first-order chi connectivity index (χ1) is 6.51. The number of alkyl halides is 2. The van der Waals surface area contributed by atoms with E-state index in [0.29, 0.717) is 0 Å². The van der Waals surface area contributed by atoms with Crippen LogP contribution < -0.4 is 10.5 Å². The molecule has 1 unspecified atom stereocenters. The summed E-state index contributed by atoms with van der Waals surface area (Å²) in [4.78, 5) is 0. The number of hydrogen-bond acceptors (Lipinski definition) is 2. The standard InChI is InChI=1S/C10H11F2NO/c1-6-2-3-8-7(4-6)10(11,12)9(13)5-14-8/h2-4,9H,5,13H2,1H3. The van der Waals surface area contributed by atoms with E-state index in [0.717, 1.165) is 5.56 Å². The second kappa shape index (κ2) is 2.92. The molecular weight excluding hydrogens is 188 g/mol. The van der Waals surface area contributed by atoms with Crippen molar-refractivity contribution in [2.75, 3.05) is 6.61 Å². The van der Waals surface area contributed by atoms with Crippen molar-refractivity contribution in [3.8, 4) is 5.75 Å². The van der Waals surface area contributed by atoms with Crippen LogP contribution >= 0.6 is 0 Å². The van der Waals surface area contributed by atoms with E-state index in [1.165, 1.54) is 6.07 Å². The molecule has 0 fully saturated rings. The molecule has 76 valence electrons. The van der Waals surface area contributed by atoms with Gasteiger partial charge in [0.1, 0.15) is 18.4 Å². The normalized spacial score (nSPS) is 23.9. The third-order valence-corrected chi connectivity index (χ3v) is 2.38. The monoisotopic (exact) mass is 199 g/mol. The van der Waals surface area contributed by atoms with Crippen LogP contribution in [0.2, 0.25) is 0 Å². The Balaban J connectivity index is 2.55. The van der Waals surface area contributed by atoms with Crippen molar-refractivity contribution >= 4 is 0 Å². The lowest BCUT2D eigenvalue weighted by Crippen LogP contribution is -2.46. The van der Waals surface area contributed by atoms with Crippen molar-refractivity contribution in [3.05, 3.63) is 29.3 Å². The van der Waals surface area contributed by atoms with Gasteiger partial charge in [-0.05, 0) is 19.1 Å². The molecule has 0 bridgehead atoms. The maximum absolute atomic E-state index is 13.6. The van der Waals surface area contributed by atoms with Crippen molar-refractivity contribution in [1.82, 2.24) is 0 Å². The predicted molar refractivity (Wildman–Crippen MR) is 48.5 cm³/mol. The van der Waals surface area contributed by atoms with E-state index >= 15 is 0 Å². The zero-order valence-electron chi connectivity index (χ0n) is 7.76. The average Bonchev–Trinajstić information content (AvgIpc) is 2.13. The summed E-state index contributed by atoms with van der Waals surface area (Å²) in [5.74, 6) is -2.75. The summed E-state index contributed by atoms with van der Waals surface area (Å²) < 4.78 is 32.3. The zero-order chi connectivity index (χ0) is 10.3. The molecule has 2 N–H and O–H groups in total. The molecule has 1 atom stereocenters. The Labute approximate surface area is 80.7 Å². The highest BCUT2D eigenvalue weighted by molar-refractivity contribution is 5.42. The van der Waals surface area contributed by atoms with Gasteiger partial charge in [-0.15, -0.1) is 0 Å². The van der Waals surface area contributed by atoms with E-state index in [1.807, 2.05) is 0 Å². The third-order valence-electron chi connectivity index (χ3n) is 2.38. The van der Waals surface area contributed by atoms with Crippen LogP contribution in [0.3, 0.4) is 0 Å². The molecule has 0 saturated heterocycles. The van der Waals surface area contributed by atoms with Crippen LogP contribution in [0, 0.1) is 6.92 Å². The van der Waals surface area contributed by atoms with Gasteiger partial charge in [-0.1, -0.05) is 11.6 Å². The fourth-order valence-corrected chi connectivity index (χ4v) is 1.51. The number of rotatable bonds is 0. The quantitative estimate of drug-likeness (QED) is 0.691. The minimum Gasteiger partial charge on any atom is -0.491 e. The van der Waals surface area contributed by atoms with Gasteiger partial charge >= 0.3 is 0 Å². The molecule has 2 rings (SSSR count). The highest BCUT2D eigenvalue weighted by Crippen LogP contribution is 2.40. The molecule has 14 heavy (non-hydrogen) atoms. The molecule has 1 aliphatic rings. The van der Waals surface area contributed by atoms with Crippen LogP contribution in [0.1, 0.15) is 11.1 Å². The molecule has 1 aliphatic heterocycles. The van der Waals surface area contributed by atoms with Gasteiger partial charge in [0.2, 0.25) is 0 Å². The number of benzene rings is 1. The maximum Gasteiger partial charge on any atom is 0.294 e. The zero-order valence-corrected chi connectivity index (χ0v) is 7.76. The van der Waals surface area contributed by atoms with E-state index in [9.17, 15) is 8.78 Å². The van der Waals surface area contributed by atoms with Gasteiger partial charge in [0.25, 0.3) is 5.92 Å². The first-order valence-corrected chi connectivity index (χ1v) is 4.39. The molecule has 2 nitrogen and oxygen atoms in total.